The first-order chi connectivity index (χ1) is 15.9. The molecule has 2 saturated heterocycles. The molecular formula is C25H21IN4O3. The maximum Gasteiger partial charge on any atom is 0.259 e. The van der Waals surface area contributed by atoms with Gasteiger partial charge < -0.3 is 0 Å². The predicted molar refractivity (Wildman–Crippen MR) is 132 cm³/mol. The molecule has 1 aromatic heterocycles. The Bertz CT molecular complexity index is 1320. The first-order valence-corrected chi connectivity index (χ1v) is 12.1. The first kappa shape index (κ1) is 20.7. The number of anilines is 1. The van der Waals surface area contributed by atoms with E-state index < -0.39 is 11.9 Å². The maximum atomic E-state index is 13.3. The van der Waals surface area contributed by atoms with Crippen LogP contribution in [0, 0.1) is 0 Å². The fourth-order valence-electron chi connectivity index (χ4n) is 5.25. The Kier molecular flexibility index (Phi) is 4.77. The van der Waals surface area contributed by atoms with Gasteiger partial charge in [-0.25, -0.2) is 0 Å². The van der Waals surface area contributed by atoms with Gasteiger partial charge >= 0.3 is 0 Å². The summed E-state index contributed by atoms with van der Waals surface area (Å²) in [7, 11) is 0. The van der Waals surface area contributed by atoms with E-state index in [2.05, 4.69) is 62.1 Å². The highest BCUT2D eigenvalue weighted by Crippen LogP contribution is 2.47. The van der Waals surface area contributed by atoms with E-state index in [0.29, 0.717) is 17.7 Å². The molecule has 1 atom stereocenters. The van der Waals surface area contributed by atoms with Crippen LogP contribution in [0.3, 0.4) is 0 Å². The summed E-state index contributed by atoms with van der Waals surface area (Å²) >= 11 is 2.52. The minimum atomic E-state index is -0.685. The third-order valence-electron chi connectivity index (χ3n) is 6.78. The van der Waals surface area contributed by atoms with E-state index in [-0.39, 0.29) is 21.7 Å². The number of aromatic nitrogens is 1. The molecule has 0 saturated carbocycles. The van der Waals surface area contributed by atoms with Crippen molar-refractivity contribution in [1.82, 2.24) is 15.2 Å². The van der Waals surface area contributed by atoms with Gasteiger partial charge in [0.15, 0.2) is 0 Å². The van der Waals surface area contributed by atoms with Crippen LogP contribution in [0.25, 0.3) is 10.9 Å². The van der Waals surface area contributed by atoms with E-state index in [1.54, 1.807) is 17.2 Å². The van der Waals surface area contributed by atoms with E-state index in [0.717, 1.165) is 36.1 Å². The molecule has 8 heteroatoms. The van der Waals surface area contributed by atoms with Crippen LogP contribution in [-0.4, -0.2) is 46.7 Å². The Morgan fingerprint density at radius 2 is 1.85 bits per heavy atom. The van der Waals surface area contributed by atoms with Crippen molar-refractivity contribution in [1.29, 1.82) is 0 Å². The third kappa shape index (κ3) is 3.26. The van der Waals surface area contributed by atoms with E-state index in [1.165, 1.54) is 5.56 Å². The molecule has 6 rings (SSSR count). The summed E-state index contributed by atoms with van der Waals surface area (Å²) in [5.41, 5.74) is 4.51. The number of halogens is 1. The minimum Gasteiger partial charge on any atom is -0.296 e. The lowest BCUT2D eigenvalue weighted by atomic mass is 9.88. The molecule has 166 valence electrons. The predicted octanol–water partition coefficient (Wildman–Crippen LogP) is 3.15. The average Bonchev–Trinajstić information content (AvgIpc) is 3.07. The van der Waals surface area contributed by atoms with Crippen LogP contribution in [0.1, 0.15) is 34.3 Å². The Balaban J connectivity index is 1.34. The molecule has 3 aliphatic rings. The smallest absolute Gasteiger partial charge is 0.259 e. The van der Waals surface area contributed by atoms with Crippen LogP contribution < -0.4 is 10.2 Å². The lowest BCUT2D eigenvalue weighted by Gasteiger charge is -2.47. The standard InChI is InChI=1S/C25H21IN4O3/c26-25(13-29(14-25)12-15-4-2-1-3-5-15)17-7-6-16-21-18(10-11-27-22(17)21)30(24(16)33)19-8-9-20(31)28-23(19)32/h1-7,10-11,19H,8-9,12-14H2,(H,28,31,32). The molecule has 0 aliphatic carbocycles. The summed E-state index contributed by atoms with van der Waals surface area (Å²) in [6, 6.07) is 15.4. The van der Waals surface area contributed by atoms with Gasteiger partial charge in [-0.05, 0) is 29.7 Å². The van der Waals surface area contributed by atoms with Gasteiger partial charge in [-0.2, -0.15) is 0 Å². The molecule has 0 bridgehead atoms. The lowest BCUT2D eigenvalue weighted by molar-refractivity contribution is -0.134. The highest BCUT2D eigenvalue weighted by Gasteiger charge is 2.46. The molecule has 2 fully saturated rings. The van der Waals surface area contributed by atoms with Crippen LogP contribution >= 0.6 is 22.6 Å². The van der Waals surface area contributed by atoms with E-state index in [1.807, 2.05) is 18.2 Å². The van der Waals surface area contributed by atoms with Crippen molar-refractivity contribution in [2.24, 2.45) is 0 Å². The summed E-state index contributed by atoms with van der Waals surface area (Å²) < 4.78 is -0.0954. The van der Waals surface area contributed by atoms with Gasteiger partial charge in [0.1, 0.15) is 6.04 Å². The zero-order chi connectivity index (χ0) is 22.7. The summed E-state index contributed by atoms with van der Waals surface area (Å²) in [6.07, 6.45) is 2.26. The van der Waals surface area contributed by atoms with Gasteiger partial charge in [-0.3, -0.25) is 34.5 Å². The molecular weight excluding hydrogens is 531 g/mol. The summed E-state index contributed by atoms with van der Waals surface area (Å²) in [5, 5.41) is 3.18. The largest absolute Gasteiger partial charge is 0.296 e. The SMILES string of the molecule is O=C1CCC(N2C(=O)c3ccc(C4(I)CN(Cc5ccccc5)C4)c4nccc2c34)C(=O)N1. The number of hydrogen-bond acceptors (Lipinski definition) is 5. The summed E-state index contributed by atoms with van der Waals surface area (Å²) in [5.74, 6) is -0.913. The number of piperidine rings is 1. The van der Waals surface area contributed by atoms with Gasteiger partial charge in [0, 0.05) is 37.6 Å². The Morgan fingerprint density at radius 1 is 1.06 bits per heavy atom. The van der Waals surface area contributed by atoms with Gasteiger partial charge in [0.2, 0.25) is 11.8 Å². The van der Waals surface area contributed by atoms with Gasteiger partial charge in [0.05, 0.1) is 20.2 Å². The summed E-state index contributed by atoms with van der Waals surface area (Å²) in [6.45, 7) is 2.70. The fourth-order valence-corrected chi connectivity index (χ4v) is 6.65. The topological polar surface area (TPSA) is 82.6 Å². The van der Waals surface area contributed by atoms with E-state index >= 15 is 0 Å². The van der Waals surface area contributed by atoms with Crippen LogP contribution in [0.2, 0.25) is 0 Å². The average molecular weight is 552 g/mol. The van der Waals surface area contributed by atoms with Crippen molar-refractivity contribution in [3.05, 3.63) is 71.4 Å². The van der Waals surface area contributed by atoms with E-state index in [4.69, 9.17) is 0 Å². The number of carbonyl (C=O) groups excluding carboxylic acids is 3. The van der Waals surface area contributed by atoms with Gasteiger partial charge in [-0.1, -0.05) is 59.0 Å². The Labute approximate surface area is 204 Å². The molecule has 2 aromatic carbocycles. The van der Waals surface area contributed by atoms with Crippen LogP contribution in [0.4, 0.5) is 5.69 Å². The molecule has 1 unspecified atom stereocenters. The second-order valence-corrected chi connectivity index (χ2v) is 11.0. The number of rotatable bonds is 4. The second-order valence-electron chi connectivity index (χ2n) is 8.95. The summed E-state index contributed by atoms with van der Waals surface area (Å²) in [4.78, 5) is 46.1. The quantitative estimate of drug-likeness (QED) is 0.306. The van der Waals surface area contributed by atoms with Crippen molar-refractivity contribution in [2.45, 2.75) is 28.8 Å². The minimum absolute atomic E-state index is 0.0954. The number of nitrogens with zero attached hydrogens (tertiary/aromatic N) is 3. The number of benzene rings is 2. The molecule has 3 amide bonds. The molecule has 3 aliphatic heterocycles. The van der Waals surface area contributed by atoms with Crippen molar-refractivity contribution in [3.8, 4) is 0 Å². The number of hydrogen-bond donors (Lipinski definition) is 1. The van der Waals surface area contributed by atoms with Crippen LogP contribution in [0.15, 0.2) is 54.7 Å². The molecule has 7 nitrogen and oxygen atoms in total. The molecule has 33 heavy (non-hydrogen) atoms. The molecule has 0 spiro atoms. The van der Waals surface area contributed by atoms with Crippen molar-refractivity contribution < 1.29 is 14.4 Å². The van der Waals surface area contributed by atoms with Crippen molar-refractivity contribution >= 4 is 56.9 Å². The molecule has 4 heterocycles. The highest BCUT2D eigenvalue weighted by molar-refractivity contribution is 14.1. The number of likely N-dealkylation sites (tertiary alicyclic amines) is 1. The number of alkyl halides is 1. The second kappa shape index (κ2) is 7.59. The normalized spacial score (nSPS) is 21.9. The first-order valence-electron chi connectivity index (χ1n) is 11.0. The van der Waals surface area contributed by atoms with Crippen molar-refractivity contribution in [3.63, 3.8) is 0 Å². The lowest BCUT2D eigenvalue weighted by Crippen LogP contribution is -2.55. The van der Waals surface area contributed by atoms with Crippen LogP contribution in [0.5, 0.6) is 0 Å². The maximum absolute atomic E-state index is 13.3. The number of amides is 3. The highest BCUT2D eigenvalue weighted by atomic mass is 127. The number of pyridine rings is 1. The van der Waals surface area contributed by atoms with Crippen molar-refractivity contribution in [2.75, 3.05) is 18.0 Å². The Morgan fingerprint density at radius 3 is 2.61 bits per heavy atom. The molecule has 3 aromatic rings. The zero-order valence-corrected chi connectivity index (χ0v) is 19.9. The molecule has 1 N–H and O–H groups in total. The number of nitrogens with one attached hydrogen (secondary N) is 1. The van der Waals surface area contributed by atoms with E-state index in [9.17, 15) is 14.4 Å². The third-order valence-corrected chi connectivity index (χ3v) is 8.04. The Hall–Kier alpha value is -2.85. The van der Waals surface area contributed by atoms with Crippen LogP contribution in [-0.2, 0) is 19.6 Å². The fraction of sp³-hybridized carbons (Fsp3) is 0.280. The van der Waals surface area contributed by atoms with Gasteiger partial charge in [-0.15, -0.1) is 0 Å². The number of carbonyl (C=O) groups is 3. The van der Waals surface area contributed by atoms with Gasteiger partial charge in [0.25, 0.3) is 5.91 Å². The zero-order valence-electron chi connectivity index (χ0n) is 17.8. The number of imide groups is 1. The molecule has 0 radical (unpaired) electrons. The monoisotopic (exact) mass is 552 g/mol.